The molecule has 6 heteroatoms. The van der Waals surface area contributed by atoms with E-state index in [1.54, 1.807) is 6.92 Å². The van der Waals surface area contributed by atoms with Gasteiger partial charge in [-0.25, -0.2) is 4.79 Å². The number of hydrogen-bond donors (Lipinski definition) is 3. The molecule has 1 fully saturated rings. The Labute approximate surface area is 95.5 Å². The molecule has 1 aliphatic rings. The summed E-state index contributed by atoms with van der Waals surface area (Å²) in [4.78, 5) is 24.5. The fourth-order valence-corrected chi connectivity index (χ4v) is 1.69. The van der Waals surface area contributed by atoms with Gasteiger partial charge in [0.25, 0.3) is 0 Å². The van der Waals surface area contributed by atoms with Crippen molar-refractivity contribution in [3.05, 3.63) is 0 Å². The van der Waals surface area contributed by atoms with E-state index in [1.807, 2.05) is 4.90 Å². The van der Waals surface area contributed by atoms with Crippen molar-refractivity contribution >= 4 is 11.9 Å². The van der Waals surface area contributed by atoms with E-state index in [0.29, 0.717) is 6.54 Å². The summed E-state index contributed by atoms with van der Waals surface area (Å²) in [5, 5.41) is 4.79. The molecule has 1 saturated heterocycles. The number of likely N-dealkylation sites (tertiary alicyclic amines) is 1. The highest BCUT2D eigenvalue weighted by molar-refractivity contribution is 5.95. The molecule has 0 bridgehead atoms. The number of nitrogens with one attached hydrogen (secondary N) is 2. The van der Waals surface area contributed by atoms with Crippen LogP contribution in [0.3, 0.4) is 0 Å². The van der Waals surface area contributed by atoms with E-state index in [1.165, 1.54) is 0 Å². The maximum atomic E-state index is 11.4. The minimum atomic E-state index is -0.429. The average Bonchev–Trinajstić information content (AvgIpc) is 2.21. The van der Waals surface area contributed by atoms with Crippen molar-refractivity contribution in [1.82, 2.24) is 15.5 Å². The van der Waals surface area contributed by atoms with Gasteiger partial charge in [-0.05, 0) is 19.8 Å². The Morgan fingerprint density at radius 1 is 1.38 bits per heavy atom. The van der Waals surface area contributed by atoms with E-state index in [4.69, 9.17) is 5.73 Å². The van der Waals surface area contributed by atoms with Gasteiger partial charge in [-0.2, -0.15) is 0 Å². The van der Waals surface area contributed by atoms with Crippen LogP contribution in [0.2, 0.25) is 0 Å². The summed E-state index contributed by atoms with van der Waals surface area (Å²) in [5.74, 6) is -0.263. The fraction of sp³-hybridized carbons (Fsp3) is 0.800. The number of carbonyl (C=O) groups is 2. The molecule has 4 N–H and O–H groups in total. The largest absolute Gasteiger partial charge is 0.338 e. The molecule has 6 nitrogen and oxygen atoms in total. The molecule has 1 heterocycles. The Bertz CT molecular complexity index is 249. The van der Waals surface area contributed by atoms with Crippen LogP contribution in [0.5, 0.6) is 0 Å². The number of urea groups is 1. The first-order valence-electron chi connectivity index (χ1n) is 5.67. The molecule has 0 aliphatic carbocycles. The zero-order chi connectivity index (χ0) is 12.0. The van der Waals surface area contributed by atoms with Gasteiger partial charge in [0.05, 0.1) is 6.54 Å². The highest BCUT2D eigenvalue weighted by Gasteiger charge is 2.18. The van der Waals surface area contributed by atoms with E-state index < -0.39 is 6.03 Å². The fourth-order valence-electron chi connectivity index (χ4n) is 1.69. The van der Waals surface area contributed by atoms with Gasteiger partial charge < -0.3 is 11.1 Å². The number of piperidine rings is 1. The molecule has 16 heavy (non-hydrogen) atoms. The van der Waals surface area contributed by atoms with Crippen molar-refractivity contribution in [1.29, 1.82) is 0 Å². The Hall–Kier alpha value is -1.14. The molecule has 1 aliphatic heterocycles. The molecule has 0 unspecified atom stereocenters. The van der Waals surface area contributed by atoms with Gasteiger partial charge in [0.15, 0.2) is 0 Å². The molecule has 0 aromatic rings. The zero-order valence-corrected chi connectivity index (χ0v) is 9.66. The predicted octanol–water partition coefficient (Wildman–Crippen LogP) is -0.745. The minimum absolute atomic E-state index is 0.253. The van der Waals surface area contributed by atoms with Crippen LogP contribution < -0.4 is 16.4 Å². The predicted molar refractivity (Wildman–Crippen MR) is 60.9 cm³/mol. The second kappa shape index (κ2) is 6.44. The van der Waals surface area contributed by atoms with Crippen molar-refractivity contribution in [2.75, 3.05) is 26.2 Å². The normalized spacial score (nSPS) is 18.1. The standard InChI is InChI=1S/C10H20N4O2/c1-2-12-10(16)13-9(15)7-14-5-3-8(11)4-6-14/h8H,2-7,11H2,1H3,(H2,12,13,15,16). The molecule has 0 atom stereocenters. The second-order valence-electron chi connectivity index (χ2n) is 4.02. The first-order chi connectivity index (χ1) is 7.61. The summed E-state index contributed by atoms with van der Waals surface area (Å²) in [6.45, 7) is 4.23. The first kappa shape index (κ1) is 12.9. The third kappa shape index (κ3) is 4.59. The molecule has 0 radical (unpaired) electrons. The van der Waals surface area contributed by atoms with Crippen molar-refractivity contribution < 1.29 is 9.59 Å². The van der Waals surface area contributed by atoms with Crippen LogP contribution in [-0.2, 0) is 4.79 Å². The van der Waals surface area contributed by atoms with Crippen LogP contribution in [0.1, 0.15) is 19.8 Å². The number of amides is 3. The summed E-state index contributed by atoms with van der Waals surface area (Å²) in [6, 6.07) is -0.177. The van der Waals surface area contributed by atoms with Gasteiger partial charge in [-0.1, -0.05) is 0 Å². The van der Waals surface area contributed by atoms with Crippen molar-refractivity contribution in [3.63, 3.8) is 0 Å². The van der Waals surface area contributed by atoms with Crippen molar-refractivity contribution in [3.8, 4) is 0 Å². The van der Waals surface area contributed by atoms with Crippen LogP contribution in [0.25, 0.3) is 0 Å². The lowest BCUT2D eigenvalue weighted by atomic mass is 10.1. The number of carbonyl (C=O) groups excluding carboxylic acids is 2. The molecule has 0 aromatic heterocycles. The number of nitrogens with two attached hydrogens (primary N) is 1. The smallest absolute Gasteiger partial charge is 0.321 e. The first-order valence-corrected chi connectivity index (χ1v) is 5.67. The average molecular weight is 228 g/mol. The lowest BCUT2D eigenvalue weighted by molar-refractivity contribution is -0.121. The lowest BCUT2D eigenvalue weighted by Gasteiger charge is -2.29. The van der Waals surface area contributed by atoms with Crippen LogP contribution in [-0.4, -0.2) is 49.1 Å². The molecular formula is C10H20N4O2. The lowest BCUT2D eigenvalue weighted by Crippen LogP contribution is -2.47. The zero-order valence-electron chi connectivity index (χ0n) is 9.66. The second-order valence-corrected chi connectivity index (χ2v) is 4.02. The summed E-state index contributed by atoms with van der Waals surface area (Å²) >= 11 is 0. The number of rotatable bonds is 3. The van der Waals surface area contributed by atoms with Crippen LogP contribution >= 0.6 is 0 Å². The molecule has 92 valence electrons. The minimum Gasteiger partial charge on any atom is -0.338 e. The molecule has 0 aromatic carbocycles. The SMILES string of the molecule is CCNC(=O)NC(=O)CN1CCC(N)CC1. The van der Waals surface area contributed by atoms with Gasteiger partial charge in [-0.3, -0.25) is 15.0 Å². The third-order valence-corrected chi connectivity index (χ3v) is 2.59. The monoisotopic (exact) mass is 228 g/mol. The van der Waals surface area contributed by atoms with Crippen LogP contribution in [0.4, 0.5) is 4.79 Å². The van der Waals surface area contributed by atoms with Crippen molar-refractivity contribution in [2.24, 2.45) is 5.73 Å². The van der Waals surface area contributed by atoms with Crippen LogP contribution in [0.15, 0.2) is 0 Å². The number of nitrogens with zero attached hydrogens (tertiary/aromatic N) is 1. The number of imide groups is 1. The maximum absolute atomic E-state index is 11.4. The Kier molecular flexibility index (Phi) is 5.21. The summed E-state index contributed by atoms with van der Waals surface area (Å²) in [5.41, 5.74) is 5.76. The van der Waals surface area contributed by atoms with Gasteiger partial charge in [0.1, 0.15) is 0 Å². The van der Waals surface area contributed by atoms with Gasteiger partial charge in [-0.15, -0.1) is 0 Å². The Morgan fingerprint density at radius 2 is 2.00 bits per heavy atom. The topological polar surface area (TPSA) is 87.5 Å². The number of hydrogen-bond acceptors (Lipinski definition) is 4. The van der Waals surface area contributed by atoms with Crippen LogP contribution in [0, 0.1) is 0 Å². The van der Waals surface area contributed by atoms with E-state index in [-0.39, 0.29) is 18.5 Å². The van der Waals surface area contributed by atoms with Gasteiger partial charge >= 0.3 is 6.03 Å². The van der Waals surface area contributed by atoms with E-state index in [2.05, 4.69) is 10.6 Å². The van der Waals surface area contributed by atoms with E-state index >= 15 is 0 Å². The molecule has 0 spiro atoms. The maximum Gasteiger partial charge on any atom is 0.321 e. The van der Waals surface area contributed by atoms with Gasteiger partial charge in [0, 0.05) is 25.7 Å². The highest BCUT2D eigenvalue weighted by atomic mass is 16.2. The van der Waals surface area contributed by atoms with Gasteiger partial charge in [0.2, 0.25) is 5.91 Å². The summed E-state index contributed by atoms with van der Waals surface area (Å²) in [7, 11) is 0. The Balaban J connectivity index is 2.21. The van der Waals surface area contributed by atoms with Crippen molar-refractivity contribution in [2.45, 2.75) is 25.8 Å². The molecular weight excluding hydrogens is 208 g/mol. The highest BCUT2D eigenvalue weighted by Crippen LogP contribution is 2.06. The molecule has 3 amide bonds. The molecule has 1 rings (SSSR count). The Morgan fingerprint density at radius 3 is 2.56 bits per heavy atom. The summed E-state index contributed by atoms with van der Waals surface area (Å²) < 4.78 is 0. The quantitative estimate of drug-likeness (QED) is 0.593. The van der Waals surface area contributed by atoms with E-state index in [0.717, 1.165) is 25.9 Å². The summed E-state index contributed by atoms with van der Waals surface area (Å²) in [6.07, 6.45) is 1.82. The van der Waals surface area contributed by atoms with E-state index in [9.17, 15) is 9.59 Å². The molecule has 0 saturated carbocycles. The third-order valence-electron chi connectivity index (χ3n) is 2.59.